The van der Waals surface area contributed by atoms with E-state index in [2.05, 4.69) is 10.0 Å². The van der Waals surface area contributed by atoms with Gasteiger partial charge < -0.3 is 10.1 Å². The molecule has 3 rings (SSSR count). The molecule has 0 heterocycles. The minimum atomic E-state index is -4.08. The largest absolute Gasteiger partial charge is 0.484 e. The molecule has 0 saturated carbocycles. The number of sulfonamides is 1. The minimum Gasteiger partial charge on any atom is -0.484 e. The van der Waals surface area contributed by atoms with Crippen LogP contribution in [0.5, 0.6) is 5.75 Å². The van der Waals surface area contributed by atoms with Gasteiger partial charge in [0.05, 0.1) is 23.1 Å². The van der Waals surface area contributed by atoms with Crippen molar-refractivity contribution in [2.24, 2.45) is 0 Å². The molecule has 0 bridgehead atoms. The molecule has 0 aliphatic rings. The van der Waals surface area contributed by atoms with Crippen molar-refractivity contribution in [2.45, 2.75) is 18.2 Å². The molecule has 2 N–H and O–H groups in total. The summed E-state index contributed by atoms with van der Waals surface area (Å²) in [4.78, 5) is 12.2. The highest BCUT2D eigenvalue weighted by Gasteiger charge is 2.19. The maximum Gasteiger partial charge on any atom is 0.262 e. The van der Waals surface area contributed by atoms with E-state index in [9.17, 15) is 17.6 Å². The van der Waals surface area contributed by atoms with E-state index < -0.39 is 21.7 Å². The lowest BCUT2D eigenvalue weighted by Crippen LogP contribution is -2.21. The number of rotatable bonds is 8. The van der Waals surface area contributed by atoms with Gasteiger partial charge in [-0.2, -0.15) is 5.26 Å². The summed E-state index contributed by atoms with van der Waals surface area (Å²) >= 11 is 0. The highest BCUT2D eigenvalue weighted by molar-refractivity contribution is 7.92. The van der Waals surface area contributed by atoms with Crippen molar-refractivity contribution in [3.63, 3.8) is 0 Å². The van der Waals surface area contributed by atoms with Crippen LogP contribution in [-0.2, 0) is 21.2 Å². The number of nitriles is 1. The average molecular weight is 453 g/mol. The van der Waals surface area contributed by atoms with Crippen LogP contribution in [0.25, 0.3) is 0 Å². The van der Waals surface area contributed by atoms with Gasteiger partial charge in [-0.15, -0.1) is 0 Å². The monoisotopic (exact) mass is 453 g/mol. The molecule has 3 aromatic rings. The van der Waals surface area contributed by atoms with Gasteiger partial charge in [-0.05, 0) is 54.4 Å². The number of ether oxygens (including phenoxy) is 1. The summed E-state index contributed by atoms with van der Waals surface area (Å²) in [6, 6.07) is 18.7. The van der Waals surface area contributed by atoms with Crippen LogP contribution < -0.4 is 14.8 Å². The molecule has 1 amide bonds. The Balaban J connectivity index is 1.67. The summed E-state index contributed by atoms with van der Waals surface area (Å²) in [7, 11) is -4.08. The SMILES string of the molecule is Cc1ccc(NC(=O)COc2ccc(CC#N)cc2)cc1S(=O)(=O)Nc1ccccc1F. The summed E-state index contributed by atoms with van der Waals surface area (Å²) in [5, 5.41) is 11.3. The third-order valence-corrected chi connectivity index (χ3v) is 5.96. The highest BCUT2D eigenvalue weighted by Crippen LogP contribution is 2.24. The standard InChI is InChI=1S/C23H20FN3O4S/c1-16-6-9-18(14-22(16)32(29,30)27-21-5-3-2-4-20(21)24)26-23(28)15-31-19-10-7-17(8-11-19)12-13-25/h2-11,14,27H,12,15H2,1H3,(H,26,28). The summed E-state index contributed by atoms with van der Waals surface area (Å²) in [6.45, 7) is 1.31. The van der Waals surface area contributed by atoms with Gasteiger partial charge in [0.25, 0.3) is 15.9 Å². The maximum absolute atomic E-state index is 13.9. The molecule has 7 nitrogen and oxygen atoms in total. The highest BCUT2D eigenvalue weighted by atomic mass is 32.2. The van der Waals surface area contributed by atoms with Gasteiger partial charge in [-0.1, -0.05) is 30.3 Å². The van der Waals surface area contributed by atoms with E-state index in [0.29, 0.717) is 11.3 Å². The molecule has 164 valence electrons. The van der Waals surface area contributed by atoms with E-state index in [4.69, 9.17) is 10.00 Å². The summed E-state index contributed by atoms with van der Waals surface area (Å²) in [5.41, 5.74) is 1.35. The molecule has 0 radical (unpaired) electrons. The van der Waals surface area contributed by atoms with Crippen molar-refractivity contribution in [2.75, 3.05) is 16.6 Å². The molecule has 0 fully saturated rings. The lowest BCUT2D eigenvalue weighted by molar-refractivity contribution is -0.118. The van der Waals surface area contributed by atoms with E-state index in [1.807, 2.05) is 6.07 Å². The fraction of sp³-hybridized carbons (Fsp3) is 0.130. The predicted molar refractivity (Wildman–Crippen MR) is 118 cm³/mol. The second kappa shape index (κ2) is 9.94. The van der Waals surface area contributed by atoms with Crippen LogP contribution in [-0.4, -0.2) is 20.9 Å². The summed E-state index contributed by atoms with van der Waals surface area (Å²) < 4.78 is 47.0. The predicted octanol–water partition coefficient (Wildman–Crippen LogP) is 4.02. The van der Waals surface area contributed by atoms with Gasteiger partial charge in [-0.3, -0.25) is 9.52 Å². The Morgan fingerprint density at radius 1 is 1.09 bits per heavy atom. The van der Waals surface area contributed by atoms with Gasteiger partial charge in [0.1, 0.15) is 11.6 Å². The third-order valence-electron chi connectivity index (χ3n) is 4.46. The molecule has 0 aliphatic carbocycles. The second-order valence-electron chi connectivity index (χ2n) is 6.88. The molecule has 0 saturated heterocycles. The number of nitrogens with zero attached hydrogens (tertiary/aromatic N) is 1. The normalized spacial score (nSPS) is 10.8. The number of aryl methyl sites for hydroxylation is 1. The molecule has 0 aromatic heterocycles. The second-order valence-corrected chi connectivity index (χ2v) is 8.53. The number of amides is 1. The van der Waals surface area contributed by atoms with Crippen molar-refractivity contribution in [1.82, 2.24) is 0 Å². The quantitative estimate of drug-likeness (QED) is 0.536. The molecule has 3 aromatic carbocycles. The topological polar surface area (TPSA) is 108 Å². The van der Waals surface area contributed by atoms with E-state index in [-0.39, 0.29) is 29.3 Å². The molecule has 32 heavy (non-hydrogen) atoms. The molecule has 0 unspecified atom stereocenters. The number of anilines is 2. The number of benzene rings is 3. The zero-order chi connectivity index (χ0) is 23.1. The summed E-state index contributed by atoms with van der Waals surface area (Å²) in [6.07, 6.45) is 0.283. The summed E-state index contributed by atoms with van der Waals surface area (Å²) in [5.74, 6) is -0.723. The van der Waals surface area contributed by atoms with Crippen molar-refractivity contribution < 1.29 is 22.3 Å². The maximum atomic E-state index is 13.9. The number of carbonyl (C=O) groups excluding carboxylic acids is 1. The number of carbonyl (C=O) groups is 1. The first kappa shape index (κ1) is 22.8. The van der Waals surface area contributed by atoms with Gasteiger partial charge in [0.2, 0.25) is 0 Å². The Kier molecular flexibility index (Phi) is 7.07. The van der Waals surface area contributed by atoms with Crippen LogP contribution in [0.3, 0.4) is 0 Å². The van der Waals surface area contributed by atoms with E-state index in [1.54, 1.807) is 43.3 Å². The number of nitrogens with one attached hydrogen (secondary N) is 2. The molecule has 0 atom stereocenters. The van der Waals surface area contributed by atoms with Crippen molar-refractivity contribution in [3.8, 4) is 11.8 Å². The van der Waals surface area contributed by atoms with Crippen LogP contribution in [0.1, 0.15) is 11.1 Å². The van der Waals surface area contributed by atoms with Gasteiger partial charge in [-0.25, -0.2) is 12.8 Å². The Morgan fingerprint density at radius 2 is 1.81 bits per heavy atom. The smallest absolute Gasteiger partial charge is 0.262 e. The molecule has 9 heteroatoms. The van der Waals surface area contributed by atoms with Gasteiger partial charge >= 0.3 is 0 Å². The Hall–Kier alpha value is -3.90. The minimum absolute atomic E-state index is 0.0902. The van der Waals surface area contributed by atoms with Crippen molar-refractivity contribution in [3.05, 3.63) is 83.7 Å². The van der Waals surface area contributed by atoms with E-state index in [0.717, 1.165) is 11.6 Å². The Morgan fingerprint density at radius 3 is 2.50 bits per heavy atom. The lowest BCUT2D eigenvalue weighted by atomic mass is 10.2. The van der Waals surface area contributed by atoms with Crippen LogP contribution in [0.2, 0.25) is 0 Å². The first-order chi connectivity index (χ1) is 15.3. The number of hydrogen-bond donors (Lipinski definition) is 2. The fourth-order valence-electron chi connectivity index (χ4n) is 2.85. The lowest BCUT2D eigenvalue weighted by Gasteiger charge is -2.13. The molecule has 0 aliphatic heterocycles. The van der Waals surface area contributed by atoms with E-state index in [1.165, 1.54) is 24.3 Å². The Labute approximate surface area is 185 Å². The zero-order valence-electron chi connectivity index (χ0n) is 17.1. The first-order valence-electron chi connectivity index (χ1n) is 9.55. The van der Waals surface area contributed by atoms with Crippen molar-refractivity contribution in [1.29, 1.82) is 5.26 Å². The number of para-hydroxylation sites is 1. The van der Waals surface area contributed by atoms with Crippen LogP contribution in [0.15, 0.2) is 71.6 Å². The van der Waals surface area contributed by atoms with Crippen LogP contribution in [0, 0.1) is 24.1 Å². The fourth-order valence-corrected chi connectivity index (χ4v) is 4.19. The van der Waals surface area contributed by atoms with Crippen molar-refractivity contribution >= 4 is 27.3 Å². The first-order valence-corrected chi connectivity index (χ1v) is 11.0. The molecule has 0 spiro atoms. The average Bonchev–Trinajstić information content (AvgIpc) is 2.76. The van der Waals surface area contributed by atoms with Crippen LogP contribution >= 0.6 is 0 Å². The van der Waals surface area contributed by atoms with E-state index >= 15 is 0 Å². The Bertz CT molecular complexity index is 1270. The third kappa shape index (κ3) is 5.83. The van der Waals surface area contributed by atoms with Gasteiger partial charge in [0.15, 0.2) is 6.61 Å². The number of hydrogen-bond acceptors (Lipinski definition) is 5. The number of halogens is 1. The molecular weight excluding hydrogens is 433 g/mol. The molecular formula is C23H20FN3O4S. The zero-order valence-corrected chi connectivity index (χ0v) is 17.9. The van der Waals surface area contributed by atoms with Crippen LogP contribution in [0.4, 0.5) is 15.8 Å². The van der Waals surface area contributed by atoms with Gasteiger partial charge in [0, 0.05) is 5.69 Å².